The minimum Gasteiger partial charge on any atom is -0.388 e. The Balaban J connectivity index is 2.16. The second-order valence-electron chi connectivity index (χ2n) is 4.73. The molecule has 0 bridgehead atoms. The maximum absolute atomic E-state index is 9.66. The number of aromatic nitrogens is 2. The van der Waals surface area contributed by atoms with E-state index >= 15 is 0 Å². The van der Waals surface area contributed by atoms with E-state index in [-0.39, 0.29) is 6.10 Å². The molecule has 17 heavy (non-hydrogen) atoms. The first kappa shape index (κ1) is 14.2. The van der Waals surface area contributed by atoms with Crippen LogP contribution in [0.4, 0.5) is 0 Å². The van der Waals surface area contributed by atoms with Crippen molar-refractivity contribution in [2.24, 2.45) is 0 Å². The molecule has 1 aromatic heterocycles. The number of nitrogens with zero attached hydrogens (tertiary/aromatic N) is 2. The van der Waals surface area contributed by atoms with Crippen LogP contribution in [0.5, 0.6) is 0 Å². The van der Waals surface area contributed by atoms with E-state index in [0.29, 0.717) is 0 Å². The molecule has 0 fully saturated rings. The zero-order valence-electron chi connectivity index (χ0n) is 11.2. The van der Waals surface area contributed by atoms with Crippen LogP contribution in [-0.4, -0.2) is 14.9 Å². The van der Waals surface area contributed by atoms with Crippen LogP contribution in [0.15, 0.2) is 12.4 Å². The standard InChI is InChI=1S/C14H26N2O/c1-3-5-6-7-8-9-10-16-12-13(11-15-16)14(17)4-2/h11-12,14,17H,3-10H2,1-2H3. The molecule has 1 N–H and O–H groups in total. The van der Waals surface area contributed by atoms with Crippen molar-refractivity contribution in [3.05, 3.63) is 18.0 Å². The van der Waals surface area contributed by atoms with Crippen molar-refractivity contribution in [3.8, 4) is 0 Å². The molecule has 1 heterocycles. The van der Waals surface area contributed by atoms with Crippen molar-refractivity contribution in [3.63, 3.8) is 0 Å². The van der Waals surface area contributed by atoms with E-state index in [9.17, 15) is 5.11 Å². The van der Waals surface area contributed by atoms with Gasteiger partial charge in [-0.1, -0.05) is 46.0 Å². The Hall–Kier alpha value is -0.830. The average molecular weight is 238 g/mol. The Morgan fingerprint density at radius 1 is 1.18 bits per heavy atom. The first-order chi connectivity index (χ1) is 8.27. The van der Waals surface area contributed by atoms with Crippen molar-refractivity contribution in [2.45, 2.75) is 71.4 Å². The molecule has 1 aromatic rings. The summed E-state index contributed by atoms with van der Waals surface area (Å²) in [5.74, 6) is 0. The molecule has 1 rings (SSSR count). The molecule has 1 atom stereocenters. The summed E-state index contributed by atoms with van der Waals surface area (Å²) >= 11 is 0. The molecule has 0 aliphatic carbocycles. The lowest BCUT2D eigenvalue weighted by atomic mass is 10.1. The summed E-state index contributed by atoms with van der Waals surface area (Å²) in [5, 5.41) is 13.9. The van der Waals surface area contributed by atoms with Crippen LogP contribution in [0.2, 0.25) is 0 Å². The van der Waals surface area contributed by atoms with Crippen LogP contribution >= 0.6 is 0 Å². The van der Waals surface area contributed by atoms with E-state index in [1.54, 1.807) is 6.20 Å². The topological polar surface area (TPSA) is 38.0 Å². The van der Waals surface area contributed by atoms with Crippen LogP contribution in [0.3, 0.4) is 0 Å². The summed E-state index contributed by atoms with van der Waals surface area (Å²) in [6.07, 6.45) is 12.0. The fourth-order valence-electron chi connectivity index (χ4n) is 1.96. The van der Waals surface area contributed by atoms with E-state index in [4.69, 9.17) is 0 Å². The van der Waals surface area contributed by atoms with Gasteiger partial charge < -0.3 is 5.11 Å². The van der Waals surface area contributed by atoms with Crippen molar-refractivity contribution in [1.29, 1.82) is 0 Å². The first-order valence-corrected chi connectivity index (χ1v) is 6.98. The highest BCUT2D eigenvalue weighted by Gasteiger charge is 2.06. The molecule has 0 spiro atoms. The van der Waals surface area contributed by atoms with E-state index in [1.807, 2.05) is 17.8 Å². The molecule has 0 aliphatic rings. The average Bonchev–Trinajstić information content (AvgIpc) is 2.81. The van der Waals surface area contributed by atoms with Gasteiger partial charge in [-0.3, -0.25) is 4.68 Å². The molecule has 0 saturated heterocycles. The van der Waals surface area contributed by atoms with Crippen LogP contribution in [-0.2, 0) is 6.54 Å². The molecule has 98 valence electrons. The quantitative estimate of drug-likeness (QED) is 0.666. The number of unbranched alkanes of at least 4 members (excludes halogenated alkanes) is 5. The van der Waals surface area contributed by atoms with Gasteiger partial charge in [-0.05, 0) is 12.8 Å². The van der Waals surface area contributed by atoms with Gasteiger partial charge in [-0.15, -0.1) is 0 Å². The Morgan fingerprint density at radius 2 is 1.88 bits per heavy atom. The number of rotatable bonds is 9. The van der Waals surface area contributed by atoms with Gasteiger partial charge in [0.25, 0.3) is 0 Å². The molecular weight excluding hydrogens is 212 g/mol. The first-order valence-electron chi connectivity index (χ1n) is 6.98. The third kappa shape index (κ3) is 5.35. The zero-order chi connectivity index (χ0) is 12.5. The van der Waals surface area contributed by atoms with Gasteiger partial charge in [-0.2, -0.15) is 5.10 Å². The third-order valence-corrected chi connectivity index (χ3v) is 3.17. The lowest BCUT2D eigenvalue weighted by Crippen LogP contribution is -1.98. The molecule has 3 heteroatoms. The fourth-order valence-corrected chi connectivity index (χ4v) is 1.96. The maximum Gasteiger partial charge on any atom is 0.0817 e. The summed E-state index contributed by atoms with van der Waals surface area (Å²) in [4.78, 5) is 0. The third-order valence-electron chi connectivity index (χ3n) is 3.17. The van der Waals surface area contributed by atoms with Gasteiger partial charge in [0.15, 0.2) is 0 Å². The van der Waals surface area contributed by atoms with Gasteiger partial charge in [0.05, 0.1) is 12.3 Å². The van der Waals surface area contributed by atoms with Gasteiger partial charge in [0.2, 0.25) is 0 Å². The Labute approximate surface area is 105 Å². The van der Waals surface area contributed by atoms with Crippen molar-refractivity contribution >= 4 is 0 Å². The lowest BCUT2D eigenvalue weighted by molar-refractivity contribution is 0.173. The molecular formula is C14H26N2O. The van der Waals surface area contributed by atoms with Crippen LogP contribution < -0.4 is 0 Å². The van der Waals surface area contributed by atoms with Crippen molar-refractivity contribution < 1.29 is 5.11 Å². The predicted molar refractivity (Wildman–Crippen MR) is 70.9 cm³/mol. The summed E-state index contributed by atoms with van der Waals surface area (Å²) < 4.78 is 1.95. The van der Waals surface area contributed by atoms with E-state index in [0.717, 1.165) is 18.5 Å². The van der Waals surface area contributed by atoms with Crippen molar-refractivity contribution in [1.82, 2.24) is 9.78 Å². The molecule has 1 unspecified atom stereocenters. The number of aliphatic hydroxyl groups excluding tert-OH is 1. The fraction of sp³-hybridized carbons (Fsp3) is 0.786. The minimum atomic E-state index is -0.353. The smallest absolute Gasteiger partial charge is 0.0817 e. The second-order valence-corrected chi connectivity index (χ2v) is 4.73. The van der Waals surface area contributed by atoms with Crippen LogP contribution in [0.1, 0.15) is 70.5 Å². The second kappa shape index (κ2) is 8.29. The number of aliphatic hydroxyl groups is 1. The van der Waals surface area contributed by atoms with Gasteiger partial charge in [-0.25, -0.2) is 0 Å². The zero-order valence-corrected chi connectivity index (χ0v) is 11.2. The van der Waals surface area contributed by atoms with Crippen LogP contribution in [0, 0.1) is 0 Å². The highest BCUT2D eigenvalue weighted by atomic mass is 16.3. The lowest BCUT2D eigenvalue weighted by Gasteiger charge is -2.03. The molecule has 0 aliphatic heterocycles. The maximum atomic E-state index is 9.66. The number of hydrogen-bond acceptors (Lipinski definition) is 2. The van der Waals surface area contributed by atoms with Crippen molar-refractivity contribution in [2.75, 3.05) is 0 Å². The van der Waals surface area contributed by atoms with Crippen LogP contribution in [0.25, 0.3) is 0 Å². The Kier molecular flexibility index (Phi) is 6.94. The predicted octanol–water partition coefficient (Wildman–Crippen LogP) is 3.69. The number of aryl methyl sites for hydroxylation is 1. The largest absolute Gasteiger partial charge is 0.388 e. The normalized spacial score (nSPS) is 12.9. The van der Waals surface area contributed by atoms with E-state index < -0.39 is 0 Å². The Morgan fingerprint density at radius 3 is 2.59 bits per heavy atom. The highest BCUT2D eigenvalue weighted by Crippen LogP contribution is 2.15. The molecule has 0 aromatic carbocycles. The molecule has 0 radical (unpaired) electrons. The summed E-state index contributed by atoms with van der Waals surface area (Å²) in [5.41, 5.74) is 0.943. The molecule has 3 nitrogen and oxygen atoms in total. The molecule has 0 amide bonds. The van der Waals surface area contributed by atoms with Gasteiger partial charge in [0.1, 0.15) is 0 Å². The summed E-state index contributed by atoms with van der Waals surface area (Å²) in [7, 11) is 0. The monoisotopic (exact) mass is 238 g/mol. The summed E-state index contributed by atoms with van der Waals surface area (Å²) in [6, 6.07) is 0. The molecule has 0 saturated carbocycles. The SMILES string of the molecule is CCCCCCCCn1cc(C(O)CC)cn1. The van der Waals surface area contributed by atoms with Gasteiger partial charge in [0, 0.05) is 18.3 Å². The highest BCUT2D eigenvalue weighted by molar-refractivity contribution is 5.07. The Bertz CT molecular complexity index is 296. The van der Waals surface area contributed by atoms with Gasteiger partial charge >= 0.3 is 0 Å². The van der Waals surface area contributed by atoms with E-state index in [2.05, 4.69) is 12.0 Å². The number of hydrogen-bond donors (Lipinski definition) is 1. The minimum absolute atomic E-state index is 0.353. The summed E-state index contributed by atoms with van der Waals surface area (Å²) in [6.45, 7) is 5.20. The van der Waals surface area contributed by atoms with E-state index in [1.165, 1.54) is 38.5 Å².